The van der Waals surface area contributed by atoms with Crippen LogP contribution in [0, 0.1) is 0 Å². The zero-order valence-corrected chi connectivity index (χ0v) is 18.6. The van der Waals surface area contributed by atoms with Crippen LogP contribution < -0.4 is 0 Å². The molecule has 6 nitrogen and oxygen atoms in total. The van der Waals surface area contributed by atoms with Gasteiger partial charge >= 0.3 is 0 Å². The predicted octanol–water partition coefficient (Wildman–Crippen LogP) is 4.27. The van der Waals surface area contributed by atoms with Gasteiger partial charge in [-0.25, -0.2) is 13.4 Å². The number of ketones is 1. The monoisotopic (exact) mass is 443 g/mol. The number of sulfonamides is 1. The molecule has 1 saturated heterocycles. The number of hydrogen-bond donors (Lipinski definition) is 1. The third kappa shape index (κ3) is 4.17. The van der Waals surface area contributed by atoms with Crippen LogP contribution in [-0.4, -0.2) is 47.3 Å². The zero-order chi connectivity index (χ0) is 21.1. The number of aryl methyl sites for hydroxylation is 1. The SMILES string of the molecule is CCc1cccc2c(C(=O)CSc3ccc(S(=O)(=O)N4CCCCC4)cn3)c[nH]c12. The lowest BCUT2D eigenvalue weighted by atomic mass is 10.1. The average Bonchev–Trinajstić information content (AvgIpc) is 3.23. The molecule has 1 aliphatic rings. The number of thioether (sulfide) groups is 1. The first-order valence-electron chi connectivity index (χ1n) is 10.2. The maximum absolute atomic E-state index is 12.8. The van der Waals surface area contributed by atoms with Crippen LogP contribution in [0.3, 0.4) is 0 Å². The topological polar surface area (TPSA) is 83.1 Å². The molecule has 0 unspecified atom stereocenters. The third-order valence-electron chi connectivity index (χ3n) is 5.50. The smallest absolute Gasteiger partial charge is 0.244 e. The van der Waals surface area contributed by atoms with Crippen molar-refractivity contribution in [1.29, 1.82) is 0 Å². The van der Waals surface area contributed by atoms with Crippen LogP contribution in [0.4, 0.5) is 0 Å². The van der Waals surface area contributed by atoms with Crippen molar-refractivity contribution in [3.8, 4) is 0 Å². The molecule has 0 atom stereocenters. The minimum atomic E-state index is -3.49. The van der Waals surface area contributed by atoms with Crippen molar-refractivity contribution >= 4 is 38.5 Å². The molecular formula is C22H25N3O3S2. The number of carbonyl (C=O) groups is 1. The number of rotatable bonds is 7. The fraction of sp³-hybridized carbons (Fsp3) is 0.364. The summed E-state index contributed by atoms with van der Waals surface area (Å²) in [5.41, 5.74) is 2.88. The van der Waals surface area contributed by atoms with E-state index < -0.39 is 10.0 Å². The highest BCUT2D eigenvalue weighted by Gasteiger charge is 2.26. The Bertz CT molecular complexity index is 1150. The van der Waals surface area contributed by atoms with E-state index in [2.05, 4.69) is 23.0 Å². The molecule has 3 aromatic rings. The Morgan fingerprint density at radius 3 is 2.67 bits per heavy atom. The Morgan fingerprint density at radius 2 is 1.97 bits per heavy atom. The van der Waals surface area contributed by atoms with E-state index in [1.54, 1.807) is 18.3 Å². The van der Waals surface area contributed by atoms with Gasteiger partial charge in [0, 0.05) is 41.9 Å². The normalized spacial score (nSPS) is 15.5. The first-order chi connectivity index (χ1) is 14.5. The molecule has 4 rings (SSSR count). The van der Waals surface area contributed by atoms with E-state index in [1.165, 1.54) is 27.8 Å². The van der Waals surface area contributed by atoms with E-state index in [9.17, 15) is 13.2 Å². The van der Waals surface area contributed by atoms with E-state index >= 15 is 0 Å². The Labute approximate surface area is 181 Å². The molecule has 3 heterocycles. The lowest BCUT2D eigenvalue weighted by Crippen LogP contribution is -2.35. The van der Waals surface area contributed by atoms with Crippen LogP contribution in [-0.2, 0) is 16.4 Å². The number of para-hydroxylation sites is 1. The van der Waals surface area contributed by atoms with E-state index in [-0.39, 0.29) is 16.4 Å². The lowest BCUT2D eigenvalue weighted by molar-refractivity contribution is 0.102. The van der Waals surface area contributed by atoms with Crippen LogP contribution in [0.25, 0.3) is 10.9 Å². The van der Waals surface area contributed by atoms with E-state index in [1.807, 2.05) is 12.1 Å². The number of pyridine rings is 1. The molecule has 0 spiro atoms. The molecular weight excluding hydrogens is 418 g/mol. The number of carbonyl (C=O) groups excluding carboxylic acids is 1. The second kappa shape index (κ2) is 8.91. The van der Waals surface area contributed by atoms with Gasteiger partial charge in [-0.2, -0.15) is 4.31 Å². The second-order valence-electron chi connectivity index (χ2n) is 7.40. The molecule has 1 fully saturated rings. The van der Waals surface area contributed by atoms with Gasteiger partial charge in [0.25, 0.3) is 0 Å². The molecule has 0 bridgehead atoms. The summed E-state index contributed by atoms with van der Waals surface area (Å²) in [5, 5.41) is 1.57. The number of hydrogen-bond acceptors (Lipinski definition) is 5. The lowest BCUT2D eigenvalue weighted by Gasteiger charge is -2.25. The molecule has 0 aliphatic carbocycles. The summed E-state index contributed by atoms with van der Waals surface area (Å²) in [6.07, 6.45) is 6.94. The Kier molecular flexibility index (Phi) is 6.26. The van der Waals surface area contributed by atoms with Gasteiger partial charge in [-0.05, 0) is 37.0 Å². The van der Waals surface area contributed by atoms with Crippen molar-refractivity contribution in [2.75, 3.05) is 18.8 Å². The van der Waals surface area contributed by atoms with Crippen LogP contribution in [0.2, 0.25) is 0 Å². The number of nitrogens with one attached hydrogen (secondary N) is 1. The highest BCUT2D eigenvalue weighted by Crippen LogP contribution is 2.26. The van der Waals surface area contributed by atoms with Crippen LogP contribution in [0.15, 0.2) is 52.6 Å². The third-order valence-corrected chi connectivity index (χ3v) is 8.32. The van der Waals surface area contributed by atoms with Gasteiger partial charge in [0.1, 0.15) is 4.90 Å². The van der Waals surface area contributed by atoms with Gasteiger partial charge in [0.15, 0.2) is 5.78 Å². The minimum absolute atomic E-state index is 0.0197. The largest absolute Gasteiger partial charge is 0.360 e. The van der Waals surface area contributed by atoms with Crippen molar-refractivity contribution in [2.24, 2.45) is 0 Å². The second-order valence-corrected chi connectivity index (χ2v) is 10.3. The standard InChI is InChI=1S/C22H25N3O3S2/c1-2-16-7-6-8-18-19(14-24-22(16)18)20(26)15-29-21-10-9-17(13-23-21)30(27,28)25-11-4-3-5-12-25/h6-10,13-14,24H,2-5,11-12,15H2,1H3. The molecule has 158 valence electrons. The van der Waals surface area contributed by atoms with Gasteiger partial charge in [-0.1, -0.05) is 43.3 Å². The maximum Gasteiger partial charge on any atom is 0.244 e. The van der Waals surface area contributed by atoms with Crippen molar-refractivity contribution in [1.82, 2.24) is 14.3 Å². The van der Waals surface area contributed by atoms with E-state index in [4.69, 9.17) is 0 Å². The Morgan fingerprint density at radius 1 is 1.17 bits per heavy atom. The molecule has 0 amide bonds. The van der Waals surface area contributed by atoms with E-state index in [0.29, 0.717) is 23.7 Å². The van der Waals surface area contributed by atoms with Crippen molar-refractivity contribution in [3.63, 3.8) is 0 Å². The van der Waals surface area contributed by atoms with Gasteiger partial charge < -0.3 is 4.98 Å². The molecule has 2 aromatic heterocycles. The number of aromatic amines is 1. The summed E-state index contributed by atoms with van der Waals surface area (Å²) in [6.45, 7) is 3.23. The summed E-state index contributed by atoms with van der Waals surface area (Å²) >= 11 is 1.32. The molecule has 1 aliphatic heterocycles. The van der Waals surface area contributed by atoms with Crippen molar-refractivity contribution < 1.29 is 13.2 Å². The van der Waals surface area contributed by atoms with E-state index in [0.717, 1.165) is 36.6 Å². The Balaban J connectivity index is 1.44. The summed E-state index contributed by atoms with van der Waals surface area (Å²) in [6, 6.07) is 9.26. The number of benzene rings is 1. The van der Waals surface area contributed by atoms with Crippen LogP contribution in [0.5, 0.6) is 0 Å². The number of H-pyrrole nitrogens is 1. The number of nitrogens with zero attached hydrogens (tertiary/aromatic N) is 2. The molecule has 0 radical (unpaired) electrons. The maximum atomic E-state index is 12.8. The highest BCUT2D eigenvalue weighted by molar-refractivity contribution is 7.99. The van der Waals surface area contributed by atoms with Crippen LogP contribution in [0.1, 0.15) is 42.1 Å². The molecule has 30 heavy (non-hydrogen) atoms. The van der Waals surface area contributed by atoms with Gasteiger partial charge in [0.05, 0.1) is 10.8 Å². The molecule has 0 saturated carbocycles. The molecule has 1 aromatic carbocycles. The minimum Gasteiger partial charge on any atom is -0.360 e. The molecule has 8 heteroatoms. The van der Waals surface area contributed by atoms with Crippen LogP contribution >= 0.6 is 11.8 Å². The fourth-order valence-corrected chi connectivity index (χ4v) is 6.01. The quantitative estimate of drug-likeness (QED) is 0.435. The first kappa shape index (κ1) is 21.1. The highest BCUT2D eigenvalue weighted by atomic mass is 32.2. The Hall–Kier alpha value is -2.16. The summed E-state index contributed by atoms with van der Waals surface area (Å²) in [4.78, 5) is 20.5. The number of aromatic nitrogens is 2. The van der Waals surface area contributed by atoms with Gasteiger partial charge in [0.2, 0.25) is 10.0 Å². The number of fused-ring (bicyclic) bond motifs is 1. The summed E-state index contributed by atoms with van der Waals surface area (Å²) < 4.78 is 27.0. The number of piperidine rings is 1. The first-order valence-corrected chi connectivity index (χ1v) is 12.6. The van der Waals surface area contributed by atoms with Crippen molar-refractivity contribution in [3.05, 3.63) is 53.9 Å². The summed E-state index contributed by atoms with van der Waals surface area (Å²) in [5.74, 6) is 0.264. The van der Waals surface area contributed by atoms with Crippen molar-refractivity contribution in [2.45, 2.75) is 42.5 Å². The van der Waals surface area contributed by atoms with Gasteiger partial charge in [-0.15, -0.1) is 0 Å². The zero-order valence-electron chi connectivity index (χ0n) is 16.9. The molecule has 1 N–H and O–H groups in total. The number of Topliss-reactive ketones (excluding diaryl/α,β-unsaturated/α-hetero) is 1. The predicted molar refractivity (Wildman–Crippen MR) is 120 cm³/mol. The fourth-order valence-electron chi connectivity index (χ4n) is 3.82. The average molecular weight is 444 g/mol. The summed E-state index contributed by atoms with van der Waals surface area (Å²) in [7, 11) is -3.49. The van der Waals surface area contributed by atoms with Gasteiger partial charge in [-0.3, -0.25) is 4.79 Å².